The summed E-state index contributed by atoms with van der Waals surface area (Å²) in [4.78, 5) is 11.5. The smallest absolute Gasteiger partial charge is 0.220 e. The van der Waals surface area contributed by atoms with E-state index in [-0.39, 0.29) is 17.9 Å². The number of rotatable bonds is 7. The van der Waals surface area contributed by atoms with E-state index in [1.54, 1.807) is 0 Å². The van der Waals surface area contributed by atoms with E-state index in [0.717, 1.165) is 0 Å². The standard InChI is InChI=1S/C12H25NO3/c1-10(12(2,3)4)9-11(15)13-5-7-16-8-6-14/h10,14H,5-9H2,1-4H3,(H,13,15). The number of nitrogens with one attached hydrogen (secondary N) is 1. The third-order valence-corrected chi connectivity index (χ3v) is 2.77. The fraction of sp³-hybridized carbons (Fsp3) is 0.917. The van der Waals surface area contributed by atoms with Crippen molar-refractivity contribution in [1.29, 1.82) is 0 Å². The van der Waals surface area contributed by atoms with Gasteiger partial charge in [-0.2, -0.15) is 0 Å². The van der Waals surface area contributed by atoms with Crippen LogP contribution in [-0.2, 0) is 9.53 Å². The van der Waals surface area contributed by atoms with Crippen molar-refractivity contribution in [1.82, 2.24) is 5.32 Å². The van der Waals surface area contributed by atoms with Gasteiger partial charge in [-0.3, -0.25) is 4.79 Å². The lowest BCUT2D eigenvalue weighted by Crippen LogP contribution is -2.31. The predicted molar refractivity (Wildman–Crippen MR) is 64.2 cm³/mol. The predicted octanol–water partition coefficient (Wildman–Crippen LogP) is 1.18. The van der Waals surface area contributed by atoms with Crippen molar-refractivity contribution in [2.45, 2.75) is 34.1 Å². The average Bonchev–Trinajstić information content (AvgIpc) is 2.16. The Labute approximate surface area is 98.4 Å². The molecule has 0 aliphatic carbocycles. The molecule has 4 heteroatoms. The highest BCUT2D eigenvalue weighted by atomic mass is 16.5. The van der Waals surface area contributed by atoms with Crippen LogP contribution in [0.15, 0.2) is 0 Å². The number of amides is 1. The lowest BCUT2D eigenvalue weighted by atomic mass is 9.80. The van der Waals surface area contributed by atoms with Crippen LogP contribution in [0.4, 0.5) is 0 Å². The van der Waals surface area contributed by atoms with Crippen LogP contribution >= 0.6 is 0 Å². The van der Waals surface area contributed by atoms with Gasteiger partial charge in [0.15, 0.2) is 0 Å². The molecule has 0 saturated heterocycles. The van der Waals surface area contributed by atoms with E-state index < -0.39 is 0 Å². The third-order valence-electron chi connectivity index (χ3n) is 2.77. The van der Waals surface area contributed by atoms with Gasteiger partial charge in [-0.1, -0.05) is 27.7 Å². The van der Waals surface area contributed by atoms with E-state index >= 15 is 0 Å². The van der Waals surface area contributed by atoms with Crippen molar-refractivity contribution >= 4 is 5.91 Å². The van der Waals surface area contributed by atoms with E-state index in [1.165, 1.54) is 0 Å². The number of hydrogen-bond acceptors (Lipinski definition) is 3. The highest BCUT2D eigenvalue weighted by Gasteiger charge is 2.22. The zero-order chi connectivity index (χ0) is 12.6. The summed E-state index contributed by atoms with van der Waals surface area (Å²) in [5.41, 5.74) is 0.157. The van der Waals surface area contributed by atoms with Gasteiger partial charge in [0.05, 0.1) is 19.8 Å². The van der Waals surface area contributed by atoms with Crippen LogP contribution in [0.2, 0.25) is 0 Å². The molecule has 0 spiro atoms. The van der Waals surface area contributed by atoms with Crippen molar-refractivity contribution in [3.8, 4) is 0 Å². The number of aliphatic hydroxyl groups is 1. The highest BCUT2D eigenvalue weighted by molar-refractivity contribution is 5.76. The molecule has 0 aromatic rings. The summed E-state index contributed by atoms with van der Waals surface area (Å²) < 4.78 is 5.04. The Kier molecular flexibility index (Phi) is 7.34. The van der Waals surface area contributed by atoms with Gasteiger partial charge in [0.25, 0.3) is 0 Å². The maximum atomic E-state index is 11.5. The Hall–Kier alpha value is -0.610. The van der Waals surface area contributed by atoms with Crippen LogP contribution in [0.25, 0.3) is 0 Å². The highest BCUT2D eigenvalue weighted by Crippen LogP contribution is 2.27. The van der Waals surface area contributed by atoms with E-state index in [2.05, 4.69) is 33.0 Å². The van der Waals surface area contributed by atoms with E-state index in [1.807, 2.05) is 0 Å². The van der Waals surface area contributed by atoms with E-state index in [9.17, 15) is 4.79 Å². The molecule has 1 unspecified atom stereocenters. The quantitative estimate of drug-likeness (QED) is 0.647. The van der Waals surface area contributed by atoms with Gasteiger partial charge in [-0.15, -0.1) is 0 Å². The van der Waals surface area contributed by atoms with Gasteiger partial charge < -0.3 is 15.2 Å². The first-order valence-electron chi connectivity index (χ1n) is 5.83. The summed E-state index contributed by atoms with van der Waals surface area (Å²) in [5.74, 6) is 0.417. The Bertz CT molecular complexity index is 199. The summed E-state index contributed by atoms with van der Waals surface area (Å²) in [6.45, 7) is 9.80. The molecule has 0 rings (SSSR count). The Morgan fingerprint density at radius 2 is 2.00 bits per heavy atom. The molecular formula is C12H25NO3. The van der Waals surface area contributed by atoms with Crippen LogP contribution in [0.1, 0.15) is 34.1 Å². The van der Waals surface area contributed by atoms with E-state index in [4.69, 9.17) is 9.84 Å². The summed E-state index contributed by atoms with van der Waals surface area (Å²) >= 11 is 0. The van der Waals surface area contributed by atoms with Gasteiger partial charge in [-0.25, -0.2) is 0 Å². The Balaban J connectivity index is 3.59. The summed E-state index contributed by atoms with van der Waals surface area (Å²) in [7, 11) is 0. The Morgan fingerprint density at radius 1 is 1.38 bits per heavy atom. The number of carbonyl (C=O) groups is 1. The van der Waals surface area contributed by atoms with Crippen molar-refractivity contribution in [3.05, 3.63) is 0 Å². The minimum absolute atomic E-state index is 0.0228. The molecule has 0 fully saturated rings. The van der Waals surface area contributed by atoms with Gasteiger partial charge in [0, 0.05) is 13.0 Å². The first-order chi connectivity index (χ1) is 7.38. The van der Waals surface area contributed by atoms with Crippen LogP contribution in [-0.4, -0.2) is 37.4 Å². The molecule has 2 N–H and O–H groups in total. The minimum atomic E-state index is 0.0228. The molecule has 96 valence electrons. The number of hydrogen-bond donors (Lipinski definition) is 2. The molecule has 0 aliphatic heterocycles. The first kappa shape index (κ1) is 15.4. The second-order valence-corrected chi connectivity index (χ2v) is 5.16. The fourth-order valence-electron chi connectivity index (χ4n) is 1.09. The molecule has 1 atom stereocenters. The summed E-state index contributed by atoms with van der Waals surface area (Å²) in [5, 5.41) is 11.3. The van der Waals surface area contributed by atoms with Gasteiger partial charge in [0.2, 0.25) is 5.91 Å². The third kappa shape index (κ3) is 7.65. The SMILES string of the molecule is CC(CC(=O)NCCOCCO)C(C)(C)C. The molecule has 0 aromatic heterocycles. The van der Waals surface area contributed by atoms with Gasteiger partial charge in [0.1, 0.15) is 0 Å². The normalized spacial score (nSPS) is 13.6. The fourth-order valence-corrected chi connectivity index (χ4v) is 1.09. The Morgan fingerprint density at radius 3 is 2.50 bits per heavy atom. The zero-order valence-electron chi connectivity index (χ0n) is 10.9. The molecular weight excluding hydrogens is 206 g/mol. The maximum Gasteiger partial charge on any atom is 0.220 e. The molecule has 0 radical (unpaired) electrons. The molecule has 0 aliphatic rings. The van der Waals surface area contributed by atoms with Gasteiger partial charge in [-0.05, 0) is 11.3 Å². The zero-order valence-corrected chi connectivity index (χ0v) is 10.9. The average molecular weight is 231 g/mol. The van der Waals surface area contributed by atoms with Crippen molar-refractivity contribution < 1.29 is 14.6 Å². The summed E-state index contributed by atoms with van der Waals surface area (Å²) in [6.07, 6.45) is 0.545. The van der Waals surface area contributed by atoms with Crippen molar-refractivity contribution in [2.75, 3.05) is 26.4 Å². The molecule has 1 amide bonds. The van der Waals surface area contributed by atoms with Gasteiger partial charge >= 0.3 is 0 Å². The monoisotopic (exact) mass is 231 g/mol. The lowest BCUT2D eigenvalue weighted by Gasteiger charge is -2.26. The molecule has 0 saturated carbocycles. The summed E-state index contributed by atoms with van der Waals surface area (Å²) in [6, 6.07) is 0. The number of ether oxygens (including phenoxy) is 1. The van der Waals surface area contributed by atoms with Crippen molar-refractivity contribution in [2.24, 2.45) is 11.3 Å². The molecule has 0 bridgehead atoms. The molecule has 16 heavy (non-hydrogen) atoms. The van der Waals surface area contributed by atoms with Crippen LogP contribution in [0.5, 0.6) is 0 Å². The number of aliphatic hydroxyl groups excluding tert-OH is 1. The number of carbonyl (C=O) groups excluding carboxylic acids is 1. The van der Waals surface area contributed by atoms with Crippen LogP contribution in [0, 0.1) is 11.3 Å². The maximum absolute atomic E-state index is 11.5. The largest absolute Gasteiger partial charge is 0.394 e. The second-order valence-electron chi connectivity index (χ2n) is 5.16. The van der Waals surface area contributed by atoms with E-state index in [0.29, 0.717) is 32.1 Å². The van der Waals surface area contributed by atoms with Crippen molar-refractivity contribution in [3.63, 3.8) is 0 Å². The molecule has 4 nitrogen and oxygen atoms in total. The molecule has 0 aromatic carbocycles. The first-order valence-corrected chi connectivity index (χ1v) is 5.83. The topological polar surface area (TPSA) is 58.6 Å². The second kappa shape index (κ2) is 7.63. The lowest BCUT2D eigenvalue weighted by molar-refractivity contribution is -0.122. The molecule has 0 heterocycles. The van der Waals surface area contributed by atoms with Crippen LogP contribution < -0.4 is 5.32 Å². The minimum Gasteiger partial charge on any atom is -0.394 e. The van der Waals surface area contributed by atoms with Crippen LogP contribution in [0.3, 0.4) is 0 Å².